The number of halogens is 2. The van der Waals surface area contributed by atoms with Crippen molar-refractivity contribution in [1.82, 2.24) is 15.3 Å². The van der Waals surface area contributed by atoms with Gasteiger partial charge in [-0.1, -0.05) is 6.07 Å². The SMILES string of the molecule is CN(Cc1cccc(C(=O)NN)n1)CC(F)F. The molecule has 1 aromatic heterocycles. The molecule has 0 fully saturated rings. The number of nitrogen functional groups attached to an aromatic ring is 1. The zero-order valence-electron chi connectivity index (χ0n) is 9.36. The number of hydrazine groups is 1. The molecule has 0 radical (unpaired) electrons. The highest BCUT2D eigenvalue weighted by Crippen LogP contribution is 2.04. The molecule has 1 aromatic rings. The summed E-state index contributed by atoms with van der Waals surface area (Å²) in [7, 11) is 1.56. The molecule has 94 valence electrons. The van der Waals surface area contributed by atoms with E-state index in [4.69, 9.17) is 5.84 Å². The molecule has 17 heavy (non-hydrogen) atoms. The van der Waals surface area contributed by atoms with E-state index in [1.165, 1.54) is 11.0 Å². The number of aromatic nitrogens is 1. The van der Waals surface area contributed by atoms with Gasteiger partial charge in [0.1, 0.15) is 5.69 Å². The molecule has 0 saturated carbocycles. The Morgan fingerprint density at radius 1 is 1.59 bits per heavy atom. The summed E-state index contributed by atoms with van der Waals surface area (Å²) in [5, 5.41) is 0. The number of rotatable bonds is 5. The Hall–Kier alpha value is -1.60. The first kappa shape index (κ1) is 13.5. The number of amides is 1. The van der Waals surface area contributed by atoms with Gasteiger partial charge in [0, 0.05) is 6.54 Å². The fraction of sp³-hybridized carbons (Fsp3) is 0.400. The van der Waals surface area contributed by atoms with Crippen molar-refractivity contribution in [2.24, 2.45) is 5.84 Å². The zero-order chi connectivity index (χ0) is 12.8. The van der Waals surface area contributed by atoms with E-state index in [9.17, 15) is 13.6 Å². The molecule has 1 heterocycles. The Morgan fingerprint density at radius 2 is 2.29 bits per heavy atom. The van der Waals surface area contributed by atoms with Gasteiger partial charge in [-0.25, -0.2) is 19.6 Å². The molecule has 7 heteroatoms. The van der Waals surface area contributed by atoms with Crippen molar-refractivity contribution in [3.05, 3.63) is 29.6 Å². The van der Waals surface area contributed by atoms with Crippen LogP contribution in [0.15, 0.2) is 18.2 Å². The van der Waals surface area contributed by atoms with Crippen molar-refractivity contribution in [3.63, 3.8) is 0 Å². The summed E-state index contributed by atoms with van der Waals surface area (Å²) < 4.78 is 24.2. The lowest BCUT2D eigenvalue weighted by Gasteiger charge is -2.15. The van der Waals surface area contributed by atoms with Crippen LogP contribution in [0.4, 0.5) is 8.78 Å². The van der Waals surface area contributed by atoms with E-state index in [-0.39, 0.29) is 18.8 Å². The predicted molar refractivity (Wildman–Crippen MR) is 58.2 cm³/mol. The van der Waals surface area contributed by atoms with E-state index in [0.29, 0.717) is 5.69 Å². The van der Waals surface area contributed by atoms with Gasteiger partial charge in [-0.2, -0.15) is 0 Å². The number of carbonyl (C=O) groups is 1. The van der Waals surface area contributed by atoms with Crippen LogP contribution in [0.3, 0.4) is 0 Å². The molecule has 0 unspecified atom stereocenters. The lowest BCUT2D eigenvalue weighted by Crippen LogP contribution is -2.31. The van der Waals surface area contributed by atoms with Gasteiger partial charge < -0.3 is 0 Å². The maximum atomic E-state index is 12.1. The highest BCUT2D eigenvalue weighted by atomic mass is 19.3. The van der Waals surface area contributed by atoms with Gasteiger partial charge >= 0.3 is 0 Å². The number of carbonyl (C=O) groups excluding carboxylic acids is 1. The topological polar surface area (TPSA) is 71.2 Å². The van der Waals surface area contributed by atoms with Crippen molar-refractivity contribution in [2.45, 2.75) is 13.0 Å². The highest BCUT2D eigenvalue weighted by molar-refractivity contribution is 5.91. The van der Waals surface area contributed by atoms with Gasteiger partial charge in [0.25, 0.3) is 12.3 Å². The molecular weight excluding hydrogens is 230 g/mol. The summed E-state index contributed by atoms with van der Waals surface area (Å²) in [6.07, 6.45) is -2.39. The summed E-state index contributed by atoms with van der Waals surface area (Å²) in [6.45, 7) is -0.0922. The van der Waals surface area contributed by atoms with Crippen LogP contribution in [0, 0.1) is 0 Å². The van der Waals surface area contributed by atoms with E-state index in [2.05, 4.69) is 4.98 Å². The maximum Gasteiger partial charge on any atom is 0.283 e. The minimum absolute atomic E-state index is 0.162. The van der Waals surface area contributed by atoms with Crippen LogP contribution >= 0.6 is 0 Å². The number of nitrogens with one attached hydrogen (secondary N) is 1. The smallest absolute Gasteiger partial charge is 0.283 e. The third-order valence-corrected chi connectivity index (χ3v) is 2.05. The first-order chi connectivity index (χ1) is 8.02. The van der Waals surface area contributed by atoms with Crippen LogP contribution in [-0.2, 0) is 6.54 Å². The van der Waals surface area contributed by atoms with Gasteiger partial charge in [0.05, 0.1) is 12.2 Å². The number of alkyl halides is 2. The van der Waals surface area contributed by atoms with E-state index in [1.807, 2.05) is 5.43 Å². The third-order valence-electron chi connectivity index (χ3n) is 2.05. The standard InChI is InChI=1S/C10H14F2N4O/c1-16(6-9(11)12)5-7-3-2-4-8(14-7)10(17)15-13/h2-4,9H,5-6,13H2,1H3,(H,15,17). The molecular formula is C10H14F2N4O. The lowest BCUT2D eigenvalue weighted by atomic mass is 10.3. The fourth-order valence-corrected chi connectivity index (χ4v) is 1.34. The summed E-state index contributed by atoms with van der Waals surface area (Å²) in [5.41, 5.74) is 2.66. The maximum absolute atomic E-state index is 12.1. The Morgan fingerprint density at radius 3 is 2.88 bits per heavy atom. The molecule has 1 rings (SSSR count). The number of hydrogen-bond donors (Lipinski definition) is 2. The van der Waals surface area contributed by atoms with E-state index in [0.717, 1.165) is 0 Å². The van der Waals surface area contributed by atoms with Crippen LogP contribution in [0.2, 0.25) is 0 Å². The largest absolute Gasteiger partial charge is 0.295 e. The van der Waals surface area contributed by atoms with Crippen molar-refractivity contribution in [2.75, 3.05) is 13.6 Å². The van der Waals surface area contributed by atoms with Crippen molar-refractivity contribution in [3.8, 4) is 0 Å². The summed E-state index contributed by atoms with van der Waals surface area (Å²) in [4.78, 5) is 16.6. The molecule has 0 aromatic carbocycles. The quantitative estimate of drug-likeness (QED) is 0.446. The zero-order valence-corrected chi connectivity index (χ0v) is 9.36. The molecule has 0 spiro atoms. The van der Waals surface area contributed by atoms with Crippen LogP contribution in [0.5, 0.6) is 0 Å². The van der Waals surface area contributed by atoms with Crippen LogP contribution in [0.1, 0.15) is 16.2 Å². The Kier molecular flexibility index (Phi) is 4.92. The van der Waals surface area contributed by atoms with E-state index in [1.54, 1.807) is 19.2 Å². The molecule has 0 saturated heterocycles. The molecule has 1 amide bonds. The lowest BCUT2D eigenvalue weighted by molar-refractivity contribution is 0.0937. The van der Waals surface area contributed by atoms with E-state index < -0.39 is 12.3 Å². The first-order valence-electron chi connectivity index (χ1n) is 4.96. The molecule has 3 N–H and O–H groups in total. The second-order valence-electron chi connectivity index (χ2n) is 3.58. The molecule has 0 aliphatic carbocycles. The number of nitrogens with zero attached hydrogens (tertiary/aromatic N) is 2. The van der Waals surface area contributed by atoms with Gasteiger partial charge in [0.2, 0.25) is 0 Å². The number of nitrogens with two attached hydrogens (primary N) is 1. The minimum Gasteiger partial charge on any atom is -0.295 e. The average Bonchev–Trinajstić information content (AvgIpc) is 2.27. The van der Waals surface area contributed by atoms with Gasteiger partial charge in [-0.15, -0.1) is 0 Å². The van der Waals surface area contributed by atoms with Crippen molar-refractivity contribution in [1.29, 1.82) is 0 Å². The van der Waals surface area contributed by atoms with Crippen molar-refractivity contribution >= 4 is 5.91 Å². The first-order valence-corrected chi connectivity index (χ1v) is 4.96. The normalized spacial score (nSPS) is 10.9. The van der Waals surface area contributed by atoms with Crippen molar-refractivity contribution < 1.29 is 13.6 Å². The molecule has 0 atom stereocenters. The summed E-state index contributed by atoms with van der Waals surface area (Å²) in [5.74, 6) is 4.46. The minimum atomic E-state index is -2.39. The number of hydrogen-bond acceptors (Lipinski definition) is 4. The second kappa shape index (κ2) is 6.21. The average molecular weight is 244 g/mol. The van der Waals surface area contributed by atoms with Gasteiger partial charge in [-0.3, -0.25) is 15.1 Å². The molecule has 0 aliphatic rings. The highest BCUT2D eigenvalue weighted by Gasteiger charge is 2.10. The summed E-state index contributed by atoms with van der Waals surface area (Å²) >= 11 is 0. The Bertz CT molecular complexity index is 386. The Balaban J connectivity index is 2.68. The Labute approximate surface area is 97.6 Å². The molecule has 0 aliphatic heterocycles. The summed E-state index contributed by atoms with van der Waals surface area (Å²) in [6, 6.07) is 4.79. The van der Waals surface area contributed by atoms with Crippen LogP contribution < -0.4 is 11.3 Å². The van der Waals surface area contributed by atoms with Crippen LogP contribution in [-0.4, -0.2) is 35.8 Å². The van der Waals surface area contributed by atoms with Gasteiger partial charge in [0.15, 0.2) is 0 Å². The van der Waals surface area contributed by atoms with Crippen LogP contribution in [0.25, 0.3) is 0 Å². The fourth-order valence-electron chi connectivity index (χ4n) is 1.34. The predicted octanol–water partition coefficient (Wildman–Crippen LogP) is 0.382. The third kappa shape index (κ3) is 4.41. The van der Waals surface area contributed by atoms with Gasteiger partial charge in [-0.05, 0) is 19.2 Å². The molecule has 5 nitrogen and oxygen atoms in total. The number of pyridine rings is 1. The monoisotopic (exact) mass is 244 g/mol. The molecule has 0 bridgehead atoms. The second-order valence-corrected chi connectivity index (χ2v) is 3.58. The van der Waals surface area contributed by atoms with E-state index >= 15 is 0 Å².